The molecule has 4 nitrogen and oxygen atoms in total. The number of hydrogen-bond donors (Lipinski definition) is 0. The third kappa shape index (κ3) is 5.63. The molecule has 1 aromatic heterocycles. The number of nitrogens with zero attached hydrogens (tertiary/aromatic N) is 1. The maximum Gasteiger partial charge on any atom is 2.00 e. The van der Waals surface area contributed by atoms with Crippen LogP contribution in [0.25, 0.3) is 15.7 Å². The van der Waals surface area contributed by atoms with E-state index < -0.39 is 10.0 Å². The number of benzene rings is 1. The van der Waals surface area contributed by atoms with Crippen molar-refractivity contribution in [2.45, 2.75) is 26.2 Å². The normalized spacial score (nSPS) is 10.7. The molecular weight excluding hydrogens is 354 g/mol. The second-order valence-corrected chi connectivity index (χ2v) is 6.01. The van der Waals surface area contributed by atoms with Crippen molar-refractivity contribution in [2.75, 3.05) is 6.26 Å². The van der Waals surface area contributed by atoms with Gasteiger partial charge in [-0.2, -0.15) is 0 Å². The molecule has 0 spiro atoms. The molecule has 0 N–H and O–H groups in total. The van der Waals surface area contributed by atoms with Gasteiger partial charge in [0.2, 0.25) is 0 Å². The molecule has 0 amide bonds. The maximum atomic E-state index is 11.1. The van der Waals surface area contributed by atoms with Crippen LogP contribution in [-0.2, 0) is 16.4 Å². The molecule has 7 heteroatoms. The summed E-state index contributed by atoms with van der Waals surface area (Å²) >= 11 is 0. The number of fused-ring (bicyclic) bond motifs is 1. The topological polar surface area (TPSA) is 61.4 Å². The van der Waals surface area contributed by atoms with Gasteiger partial charge >= 0.3 is 23.1 Å². The third-order valence-corrected chi connectivity index (χ3v) is 3.14. The minimum Gasteiger partial charge on any atom is -1.00 e. The summed E-state index contributed by atoms with van der Waals surface area (Å²) < 4.78 is 31.5. The first kappa shape index (κ1) is 19.8. The van der Waals surface area contributed by atoms with E-state index in [9.17, 15) is 8.42 Å². The van der Waals surface area contributed by atoms with Crippen molar-refractivity contribution in [1.29, 1.82) is 0 Å². The largest absolute Gasteiger partial charge is 2.00 e. The smallest absolute Gasteiger partial charge is 1.00 e. The van der Waals surface area contributed by atoms with Gasteiger partial charge in [-0.3, -0.25) is 0 Å². The zero-order valence-corrected chi connectivity index (χ0v) is 15.4. The van der Waals surface area contributed by atoms with E-state index in [1.165, 1.54) is 0 Å². The Bertz CT molecular complexity index is 655. The number of sulfonamides is 1. The van der Waals surface area contributed by atoms with E-state index >= 15 is 0 Å². The van der Waals surface area contributed by atoms with Crippen LogP contribution in [0.4, 0.5) is 5.69 Å². The fraction of sp³-hybridized carbons (Fsp3) is 0.385. The van der Waals surface area contributed by atoms with E-state index in [1.54, 1.807) is 18.2 Å². The third-order valence-electron chi connectivity index (χ3n) is 2.60. The number of halogens is 1. The molecular formula is C13H16BrMgNO3S. The minimum atomic E-state index is -3.36. The van der Waals surface area contributed by atoms with Gasteiger partial charge in [0, 0.05) is 18.1 Å². The van der Waals surface area contributed by atoms with Crippen molar-refractivity contribution in [2.24, 2.45) is 0 Å². The van der Waals surface area contributed by atoms with E-state index in [0.717, 1.165) is 42.2 Å². The zero-order chi connectivity index (χ0) is 13.2. The summed E-state index contributed by atoms with van der Waals surface area (Å²) in [6, 6.07) is 7.09. The Morgan fingerprint density at radius 2 is 1.95 bits per heavy atom. The van der Waals surface area contributed by atoms with Crippen LogP contribution in [0.3, 0.4) is 0 Å². The van der Waals surface area contributed by atoms with E-state index in [0.29, 0.717) is 5.69 Å². The molecule has 0 atom stereocenters. The first-order valence-electron chi connectivity index (χ1n) is 5.93. The van der Waals surface area contributed by atoms with Crippen molar-refractivity contribution in [1.82, 2.24) is 0 Å². The van der Waals surface area contributed by atoms with Gasteiger partial charge in [-0.15, -0.1) is 5.69 Å². The molecule has 0 saturated heterocycles. The van der Waals surface area contributed by atoms with Gasteiger partial charge in [-0.1, -0.05) is 25.5 Å². The maximum absolute atomic E-state index is 11.1. The second-order valence-electron chi connectivity index (χ2n) is 4.36. The fourth-order valence-electron chi connectivity index (χ4n) is 1.81. The van der Waals surface area contributed by atoms with Crippen LogP contribution in [0.5, 0.6) is 0 Å². The predicted octanol–water partition coefficient (Wildman–Crippen LogP) is 0.363. The SMILES string of the molecule is CCCCc1cc2cc([N-]S(C)(=O)=O)ccc2o1.[Br-].[Mg+2]. The van der Waals surface area contributed by atoms with E-state index in [-0.39, 0.29) is 40.0 Å². The quantitative estimate of drug-likeness (QED) is 0.714. The van der Waals surface area contributed by atoms with E-state index in [4.69, 9.17) is 4.42 Å². The molecule has 1 heterocycles. The standard InChI is InChI=1S/C13H16NO3S.BrH.Mg/c1-3-4-5-12-9-10-8-11(14-18(2,15)16)6-7-13(10)17-12;;/h6-9H,3-5H2,1-2H3;1H;/q-1;;+2/p-1. The summed E-state index contributed by atoms with van der Waals surface area (Å²) in [5.41, 5.74) is 1.21. The summed E-state index contributed by atoms with van der Waals surface area (Å²) in [6.45, 7) is 2.13. The Labute approximate surface area is 146 Å². The van der Waals surface area contributed by atoms with Crippen LogP contribution in [0, 0.1) is 0 Å². The number of aryl methyl sites for hydroxylation is 1. The average Bonchev–Trinajstić information content (AvgIpc) is 2.66. The molecule has 0 aliphatic rings. The van der Waals surface area contributed by atoms with Crippen LogP contribution < -0.4 is 17.0 Å². The predicted molar refractivity (Wildman–Crippen MR) is 78.4 cm³/mol. The van der Waals surface area contributed by atoms with E-state index in [1.807, 2.05) is 6.07 Å². The first-order valence-corrected chi connectivity index (χ1v) is 7.78. The Hall–Kier alpha value is -0.244. The van der Waals surface area contributed by atoms with Gasteiger partial charge < -0.3 is 26.1 Å². The van der Waals surface area contributed by atoms with Gasteiger partial charge in [0.1, 0.15) is 11.3 Å². The molecule has 2 aromatic rings. The summed E-state index contributed by atoms with van der Waals surface area (Å²) in [5, 5.41) is 0.894. The number of rotatable bonds is 5. The summed E-state index contributed by atoms with van der Waals surface area (Å²) in [5.74, 6) is 0.934. The summed E-state index contributed by atoms with van der Waals surface area (Å²) in [4.78, 5) is 0. The van der Waals surface area contributed by atoms with Crippen LogP contribution in [0.15, 0.2) is 28.7 Å². The minimum absolute atomic E-state index is 0. The molecule has 0 unspecified atom stereocenters. The second kappa shape index (κ2) is 8.26. The first-order chi connectivity index (χ1) is 8.48. The van der Waals surface area contributed by atoms with E-state index in [2.05, 4.69) is 11.6 Å². The molecule has 0 radical (unpaired) electrons. The summed E-state index contributed by atoms with van der Waals surface area (Å²) in [6.07, 6.45) is 4.19. The molecule has 0 saturated carbocycles. The van der Waals surface area contributed by atoms with Gasteiger partial charge in [-0.25, -0.2) is 8.42 Å². The van der Waals surface area contributed by atoms with Gasteiger partial charge in [0.25, 0.3) is 0 Å². The number of hydrogen-bond acceptors (Lipinski definition) is 3. The van der Waals surface area contributed by atoms with Crippen molar-refractivity contribution in [3.8, 4) is 0 Å². The molecule has 106 valence electrons. The summed E-state index contributed by atoms with van der Waals surface area (Å²) in [7, 11) is -3.36. The molecule has 20 heavy (non-hydrogen) atoms. The van der Waals surface area contributed by atoms with Crippen LogP contribution >= 0.6 is 0 Å². The molecule has 1 aromatic carbocycles. The van der Waals surface area contributed by atoms with Gasteiger partial charge in [-0.05, 0) is 18.6 Å². The Morgan fingerprint density at radius 1 is 1.25 bits per heavy atom. The number of furan rings is 1. The fourth-order valence-corrected chi connectivity index (χ4v) is 2.30. The van der Waals surface area contributed by atoms with Crippen molar-refractivity contribution in [3.05, 3.63) is 34.7 Å². The van der Waals surface area contributed by atoms with Crippen LogP contribution in [-0.4, -0.2) is 37.7 Å². The van der Waals surface area contributed by atoms with Gasteiger partial charge in [0.05, 0.1) is 10.0 Å². The Kier molecular flexibility index (Phi) is 8.16. The molecule has 0 bridgehead atoms. The monoisotopic (exact) mass is 369 g/mol. The molecule has 0 fully saturated rings. The Morgan fingerprint density at radius 3 is 2.55 bits per heavy atom. The van der Waals surface area contributed by atoms with Crippen molar-refractivity contribution in [3.63, 3.8) is 0 Å². The molecule has 0 aliphatic carbocycles. The zero-order valence-electron chi connectivity index (χ0n) is 11.6. The average molecular weight is 371 g/mol. The molecule has 0 aliphatic heterocycles. The van der Waals surface area contributed by atoms with Crippen molar-refractivity contribution >= 4 is 49.7 Å². The van der Waals surface area contributed by atoms with Crippen LogP contribution in [0.1, 0.15) is 25.5 Å². The molecule has 2 rings (SSSR count). The van der Waals surface area contributed by atoms with Crippen LogP contribution in [0.2, 0.25) is 0 Å². The number of unbranched alkanes of at least 4 members (excludes halogenated alkanes) is 1. The Balaban J connectivity index is 0.00000180. The van der Waals surface area contributed by atoms with Gasteiger partial charge in [0.15, 0.2) is 0 Å². The van der Waals surface area contributed by atoms with Crippen molar-refractivity contribution < 1.29 is 29.8 Å².